The fourth-order valence-corrected chi connectivity index (χ4v) is 3.53. The largest absolute Gasteiger partial charge is 0.508 e. The maximum Gasteiger partial charge on any atom is 0.123 e. The molecule has 2 aromatic carbocycles. The summed E-state index contributed by atoms with van der Waals surface area (Å²) in [6.07, 6.45) is 3.86. The van der Waals surface area contributed by atoms with Crippen LogP contribution in [0.1, 0.15) is 36.8 Å². The topological polar surface area (TPSA) is 61.7 Å². The molecule has 0 aromatic heterocycles. The van der Waals surface area contributed by atoms with Crippen molar-refractivity contribution in [1.29, 1.82) is 0 Å². The highest BCUT2D eigenvalue weighted by atomic mass is 19.1. The van der Waals surface area contributed by atoms with E-state index in [0.29, 0.717) is 31.4 Å². The van der Waals surface area contributed by atoms with Crippen LogP contribution >= 0.6 is 0 Å². The van der Waals surface area contributed by atoms with Gasteiger partial charge in [0.15, 0.2) is 0 Å². The van der Waals surface area contributed by atoms with E-state index < -0.39 is 6.10 Å². The molecular formula is C22H27F2NO3. The Morgan fingerprint density at radius 3 is 2.79 bits per heavy atom. The van der Waals surface area contributed by atoms with Gasteiger partial charge in [-0.1, -0.05) is 0 Å². The van der Waals surface area contributed by atoms with E-state index in [-0.39, 0.29) is 23.5 Å². The number of halogens is 2. The normalized spacial score (nSPS) is 17.0. The maximum atomic E-state index is 13.2. The third-order valence-electron chi connectivity index (χ3n) is 5.10. The van der Waals surface area contributed by atoms with Crippen molar-refractivity contribution < 1.29 is 23.7 Å². The van der Waals surface area contributed by atoms with Gasteiger partial charge in [0.1, 0.15) is 29.2 Å². The summed E-state index contributed by atoms with van der Waals surface area (Å²) in [4.78, 5) is 0. The first-order valence-electron chi connectivity index (χ1n) is 9.82. The van der Waals surface area contributed by atoms with Crippen molar-refractivity contribution in [3.8, 4) is 11.5 Å². The van der Waals surface area contributed by atoms with Crippen molar-refractivity contribution in [2.45, 2.75) is 50.7 Å². The zero-order valence-electron chi connectivity index (χ0n) is 15.8. The number of benzene rings is 2. The van der Waals surface area contributed by atoms with E-state index in [2.05, 4.69) is 5.32 Å². The van der Waals surface area contributed by atoms with Crippen LogP contribution in [-0.4, -0.2) is 35.5 Å². The van der Waals surface area contributed by atoms with Gasteiger partial charge in [-0.05, 0) is 92.6 Å². The van der Waals surface area contributed by atoms with Crippen LogP contribution in [0.2, 0.25) is 0 Å². The van der Waals surface area contributed by atoms with Gasteiger partial charge in [0.05, 0.1) is 6.10 Å². The highest BCUT2D eigenvalue weighted by Crippen LogP contribution is 2.29. The standard InChI is InChI=1S/C22H27F2NO3/c23-17-5-8-21(27)15(12-17)2-1-3-19(26)14-25-11-10-20-7-4-16-13-18(24)6-9-22(16)28-20/h5-6,8-9,12-13,19-20,25-27H,1-4,7,10-11,14H2/t19?,20-/m1/s1. The summed E-state index contributed by atoms with van der Waals surface area (Å²) in [6, 6.07) is 8.54. The van der Waals surface area contributed by atoms with Crippen LogP contribution in [0.25, 0.3) is 0 Å². The molecule has 1 aliphatic rings. The van der Waals surface area contributed by atoms with E-state index in [9.17, 15) is 19.0 Å². The Balaban J connectivity index is 1.30. The van der Waals surface area contributed by atoms with E-state index in [1.807, 2.05) is 0 Å². The second-order valence-electron chi connectivity index (χ2n) is 7.34. The smallest absolute Gasteiger partial charge is 0.123 e. The van der Waals surface area contributed by atoms with Crippen LogP contribution in [0.3, 0.4) is 0 Å². The van der Waals surface area contributed by atoms with Crippen LogP contribution in [0.15, 0.2) is 36.4 Å². The molecule has 6 heteroatoms. The van der Waals surface area contributed by atoms with Crippen molar-refractivity contribution in [3.05, 3.63) is 59.2 Å². The van der Waals surface area contributed by atoms with Crippen molar-refractivity contribution in [3.63, 3.8) is 0 Å². The lowest BCUT2D eigenvalue weighted by Crippen LogP contribution is -2.32. The van der Waals surface area contributed by atoms with Gasteiger partial charge in [-0.2, -0.15) is 0 Å². The predicted octanol–water partition coefficient (Wildman–Crippen LogP) is 3.73. The molecule has 0 spiro atoms. The van der Waals surface area contributed by atoms with Crippen LogP contribution < -0.4 is 10.1 Å². The average molecular weight is 391 g/mol. The van der Waals surface area contributed by atoms with Gasteiger partial charge in [0.25, 0.3) is 0 Å². The molecule has 1 heterocycles. The zero-order valence-corrected chi connectivity index (χ0v) is 15.8. The summed E-state index contributed by atoms with van der Waals surface area (Å²) < 4.78 is 32.3. The molecule has 2 aromatic rings. The molecule has 0 saturated carbocycles. The van der Waals surface area contributed by atoms with Gasteiger partial charge in [-0.25, -0.2) is 8.78 Å². The zero-order chi connectivity index (χ0) is 19.9. The number of aliphatic hydroxyl groups is 1. The number of aryl methyl sites for hydroxylation is 2. The van der Waals surface area contributed by atoms with Gasteiger partial charge in [0, 0.05) is 6.54 Å². The monoisotopic (exact) mass is 391 g/mol. The van der Waals surface area contributed by atoms with Crippen LogP contribution in [0.4, 0.5) is 8.78 Å². The van der Waals surface area contributed by atoms with Gasteiger partial charge < -0.3 is 20.3 Å². The number of phenolic OH excluding ortho intramolecular Hbond substituents is 1. The molecule has 0 aliphatic carbocycles. The lowest BCUT2D eigenvalue weighted by atomic mass is 10.0. The minimum Gasteiger partial charge on any atom is -0.508 e. The Hall–Kier alpha value is -2.18. The molecule has 0 amide bonds. The number of hydrogen-bond donors (Lipinski definition) is 3. The lowest BCUT2D eigenvalue weighted by molar-refractivity contribution is 0.146. The fourth-order valence-electron chi connectivity index (χ4n) is 3.53. The second kappa shape index (κ2) is 9.85. The minimum atomic E-state index is -0.494. The molecular weight excluding hydrogens is 364 g/mol. The van der Waals surface area contributed by atoms with Crippen LogP contribution in [-0.2, 0) is 12.8 Å². The number of aliphatic hydroxyl groups excluding tert-OH is 1. The lowest BCUT2D eigenvalue weighted by Gasteiger charge is -2.26. The Labute approximate surface area is 164 Å². The van der Waals surface area contributed by atoms with Crippen LogP contribution in [0, 0.1) is 11.6 Å². The predicted molar refractivity (Wildman–Crippen MR) is 104 cm³/mol. The number of ether oxygens (including phenoxy) is 1. The number of phenols is 1. The number of fused-ring (bicyclic) bond motifs is 1. The molecule has 3 N–H and O–H groups in total. The van der Waals surface area contributed by atoms with E-state index in [1.165, 1.54) is 30.3 Å². The SMILES string of the molecule is Oc1ccc(F)cc1CCCC(O)CNCC[C@H]1CCc2cc(F)ccc2O1. The first-order chi connectivity index (χ1) is 13.5. The Morgan fingerprint density at radius 2 is 1.93 bits per heavy atom. The molecule has 1 unspecified atom stereocenters. The van der Waals surface area contributed by atoms with Crippen molar-refractivity contribution in [1.82, 2.24) is 5.32 Å². The molecule has 3 rings (SSSR count). The number of rotatable bonds is 9. The van der Waals surface area contributed by atoms with Crippen molar-refractivity contribution in [2.24, 2.45) is 0 Å². The van der Waals surface area contributed by atoms with Gasteiger partial charge in [-0.3, -0.25) is 0 Å². The number of aromatic hydroxyl groups is 1. The third-order valence-corrected chi connectivity index (χ3v) is 5.10. The number of hydrogen-bond acceptors (Lipinski definition) is 4. The van der Waals surface area contributed by atoms with Gasteiger partial charge in [0.2, 0.25) is 0 Å². The fraction of sp³-hybridized carbons (Fsp3) is 0.455. The molecule has 4 nitrogen and oxygen atoms in total. The molecule has 152 valence electrons. The molecule has 0 radical (unpaired) electrons. The second-order valence-corrected chi connectivity index (χ2v) is 7.34. The number of nitrogens with one attached hydrogen (secondary N) is 1. The van der Waals surface area contributed by atoms with E-state index in [0.717, 1.165) is 37.1 Å². The summed E-state index contributed by atoms with van der Waals surface area (Å²) in [5, 5.41) is 23.0. The first kappa shape index (κ1) is 20.6. The van der Waals surface area contributed by atoms with Gasteiger partial charge >= 0.3 is 0 Å². The highest BCUT2D eigenvalue weighted by molar-refractivity contribution is 5.35. The summed E-state index contributed by atoms with van der Waals surface area (Å²) in [6.45, 7) is 1.20. The summed E-state index contributed by atoms with van der Waals surface area (Å²) in [7, 11) is 0. The van der Waals surface area contributed by atoms with E-state index in [4.69, 9.17) is 4.74 Å². The first-order valence-corrected chi connectivity index (χ1v) is 9.82. The molecule has 0 fully saturated rings. The average Bonchev–Trinajstić information content (AvgIpc) is 2.68. The molecule has 1 aliphatic heterocycles. The van der Waals surface area contributed by atoms with Crippen LogP contribution in [0.5, 0.6) is 11.5 Å². The summed E-state index contributed by atoms with van der Waals surface area (Å²) >= 11 is 0. The molecule has 2 atom stereocenters. The van der Waals surface area contributed by atoms with Gasteiger partial charge in [-0.15, -0.1) is 0 Å². The van der Waals surface area contributed by atoms with Crippen molar-refractivity contribution >= 4 is 0 Å². The third kappa shape index (κ3) is 5.91. The highest BCUT2D eigenvalue weighted by Gasteiger charge is 2.19. The Kier molecular flexibility index (Phi) is 7.23. The van der Waals surface area contributed by atoms with E-state index in [1.54, 1.807) is 6.07 Å². The minimum absolute atomic E-state index is 0.0887. The molecule has 0 saturated heterocycles. The molecule has 0 bridgehead atoms. The van der Waals surface area contributed by atoms with E-state index >= 15 is 0 Å². The Bertz CT molecular complexity index is 784. The molecule has 28 heavy (non-hydrogen) atoms. The maximum absolute atomic E-state index is 13.2. The summed E-state index contributed by atoms with van der Waals surface area (Å²) in [5.41, 5.74) is 1.48. The summed E-state index contributed by atoms with van der Waals surface area (Å²) in [5.74, 6) is 0.251. The van der Waals surface area contributed by atoms with Crippen molar-refractivity contribution in [2.75, 3.05) is 13.1 Å². The quantitative estimate of drug-likeness (QED) is 0.570. The Morgan fingerprint density at radius 1 is 1.14 bits per heavy atom.